The maximum atomic E-state index is 6.62. The highest BCUT2D eigenvalue weighted by Crippen LogP contribution is 2.48. The first-order chi connectivity index (χ1) is 23.3. The van der Waals surface area contributed by atoms with Gasteiger partial charge in [0.15, 0.2) is 5.58 Å². The highest BCUT2D eigenvalue weighted by Gasteiger charge is 2.22. The van der Waals surface area contributed by atoms with Crippen LogP contribution in [-0.2, 0) is 0 Å². The maximum Gasteiger partial charge on any atom is 0.159 e. The van der Waals surface area contributed by atoms with Gasteiger partial charge in [-0.05, 0) is 75.1 Å². The van der Waals surface area contributed by atoms with Gasteiger partial charge in [0.1, 0.15) is 5.58 Å². The third kappa shape index (κ3) is 4.04. The van der Waals surface area contributed by atoms with Crippen LogP contribution in [0.3, 0.4) is 0 Å². The molecular formula is C44H27NOS. The molecule has 0 saturated heterocycles. The second-order valence-corrected chi connectivity index (χ2v) is 13.1. The van der Waals surface area contributed by atoms with E-state index in [2.05, 4.69) is 163 Å². The monoisotopic (exact) mass is 617 g/mol. The Bertz CT molecular complexity index is 2690. The number of fused-ring (bicyclic) bond motifs is 9. The van der Waals surface area contributed by atoms with E-state index in [1.807, 2.05) is 17.4 Å². The molecule has 47 heavy (non-hydrogen) atoms. The van der Waals surface area contributed by atoms with E-state index in [1.165, 1.54) is 52.8 Å². The zero-order valence-corrected chi connectivity index (χ0v) is 26.2. The number of benzene rings is 8. The van der Waals surface area contributed by atoms with E-state index in [0.717, 1.165) is 39.0 Å². The molecule has 8 aromatic carbocycles. The molecule has 10 rings (SSSR count). The van der Waals surface area contributed by atoms with Gasteiger partial charge in [0.2, 0.25) is 0 Å². The Hall–Kier alpha value is -5.90. The summed E-state index contributed by atoms with van der Waals surface area (Å²) in [6, 6.07) is 58.9. The second-order valence-electron chi connectivity index (χ2n) is 12.1. The SMILES string of the molecule is c1ccc2c(c1)cc(-c1ccc(N(c3cccc4c3oc3ccccc34)c3cccc4c3sc3ccccc34)cc1)c1ccccc12. The standard InChI is InChI=1S/C44H27NOS/c1-2-12-31-29(11-1)27-38(33-14-4-3-13-32(31)33)28-23-25-30(26-24-28)45(39-19-9-17-36-34-15-5-7-21-41(34)46-43(36)39)40-20-10-18-37-35-16-6-8-22-42(35)47-44(37)40/h1-27H. The van der Waals surface area contributed by atoms with Crippen LogP contribution in [0.4, 0.5) is 17.1 Å². The molecule has 0 saturated carbocycles. The zero-order chi connectivity index (χ0) is 30.9. The van der Waals surface area contributed by atoms with Crippen LogP contribution in [-0.4, -0.2) is 0 Å². The minimum Gasteiger partial charge on any atom is -0.454 e. The van der Waals surface area contributed by atoms with Gasteiger partial charge in [-0.2, -0.15) is 0 Å². The topological polar surface area (TPSA) is 16.4 Å². The summed E-state index contributed by atoms with van der Waals surface area (Å²) in [7, 11) is 0. The van der Waals surface area contributed by atoms with E-state index in [0.29, 0.717) is 0 Å². The van der Waals surface area contributed by atoms with E-state index in [9.17, 15) is 0 Å². The van der Waals surface area contributed by atoms with Crippen molar-refractivity contribution in [2.24, 2.45) is 0 Å². The molecule has 220 valence electrons. The van der Waals surface area contributed by atoms with Crippen LogP contribution in [0, 0.1) is 0 Å². The summed E-state index contributed by atoms with van der Waals surface area (Å²) in [5.74, 6) is 0. The molecule has 0 aliphatic heterocycles. The fourth-order valence-corrected chi connectivity index (χ4v) is 8.51. The summed E-state index contributed by atoms with van der Waals surface area (Å²) in [4.78, 5) is 2.38. The second kappa shape index (κ2) is 10.3. The fourth-order valence-electron chi connectivity index (χ4n) is 7.31. The van der Waals surface area contributed by atoms with Gasteiger partial charge in [-0.3, -0.25) is 0 Å². The molecule has 0 atom stereocenters. The molecule has 0 amide bonds. The molecule has 3 heteroatoms. The van der Waals surface area contributed by atoms with Crippen molar-refractivity contribution in [1.82, 2.24) is 0 Å². The Balaban J connectivity index is 1.21. The van der Waals surface area contributed by atoms with Gasteiger partial charge >= 0.3 is 0 Å². The molecule has 0 spiro atoms. The molecule has 0 radical (unpaired) electrons. The number of hydrogen-bond donors (Lipinski definition) is 0. The number of hydrogen-bond acceptors (Lipinski definition) is 3. The molecule has 2 nitrogen and oxygen atoms in total. The predicted molar refractivity (Wildman–Crippen MR) is 202 cm³/mol. The lowest BCUT2D eigenvalue weighted by molar-refractivity contribution is 0.669. The largest absolute Gasteiger partial charge is 0.454 e. The lowest BCUT2D eigenvalue weighted by Gasteiger charge is -2.26. The van der Waals surface area contributed by atoms with E-state index < -0.39 is 0 Å². The molecular weight excluding hydrogens is 591 g/mol. The summed E-state index contributed by atoms with van der Waals surface area (Å²) in [5.41, 5.74) is 7.45. The van der Waals surface area contributed by atoms with Crippen LogP contribution in [0.15, 0.2) is 168 Å². The Labute approximate surface area is 275 Å². The first-order valence-electron chi connectivity index (χ1n) is 15.9. The maximum absolute atomic E-state index is 6.62. The first-order valence-corrected chi connectivity index (χ1v) is 16.7. The number of para-hydroxylation sites is 2. The van der Waals surface area contributed by atoms with Crippen LogP contribution in [0.2, 0.25) is 0 Å². The molecule has 0 fully saturated rings. The van der Waals surface area contributed by atoms with Crippen LogP contribution in [0.5, 0.6) is 0 Å². The van der Waals surface area contributed by atoms with Crippen LogP contribution < -0.4 is 4.90 Å². The molecule has 2 aromatic heterocycles. The molecule has 2 heterocycles. The lowest BCUT2D eigenvalue weighted by Crippen LogP contribution is -2.10. The molecule has 10 aromatic rings. The molecule has 0 aliphatic rings. The first kappa shape index (κ1) is 26.3. The van der Waals surface area contributed by atoms with Gasteiger partial charge in [-0.15, -0.1) is 11.3 Å². The minimum atomic E-state index is 0.886. The summed E-state index contributed by atoms with van der Waals surface area (Å²) in [6.45, 7) is 0. The van der Waals surface area contributed by atoms with Crippen molar-refractivity contribution in [2.75, 3.05) is 4.90 Å². The highest BCUT2D eigenvalue weighted by atomic mass is 32.1. The van der Waals surface area contributed by atoms with Crippen LogP contribution in [0.25, 0.3) is 74.8 Å². The Kier molecular flexibility index (Phi) is 5.78. The number of nitrogens with zero attached hydrogens (tertiary/aromatic N) is 1. The predicted octanol–water partition coefficient (Wildman–Crippen LogP) is 13.4. The van der Waals surface area contributed by atoms with Crippen molar-refractivity contribution in [3.05, 3.63) is 164 Å². The number of anilines is 3. The van der Waals surface area contributed by atoms with Crippen LogP contribution >= 0.6 is 11.3 Å². The van der Waals surface area contributed by atoms with Gasteiger partial charge in [-0.1, -0.05) is 121 Å². The van der Waals surface area contributed by atoms with Gasteiger partial charge in [0, 0.05) is 31.9 Å². The molecule has 0 bridgehead atoms. The highest BCUT2D eigenvalue weighted by molar-refractivity contribution is 7.26. The van der Waals surface area contributed by atoms with Crippen molar-refractivity contribution in [1.29, 1.82) is 0 Å². The molecule has 0 N–H and O–H groups in total. The van der Waals surface area contributed by atoms with E-state index in [4.69, 9.17) is 4.42 Å². The Morgan fingerprint density at radius 1 is 0.447 bits per heavy atom. The summed E-state index contributed by atoms with van der Waals surface area (Å²) in [5, 5.41) is 9.87. The summed E-state index contributed by atoms with van der Waals surface area (Å²) in [6.07, 6.45) is 0. The van der Waals surface area contributed by atoms with E-state index in [-0.39, 0.29) is 0 Å². The number of rotatable bonds is 4. The van der Waals surface area contributed by atoms with E-state index >= 15 is 0 Å². The third-order valence-corrected chi connectivity index (χ3v) is 10.7. The third-order valence-electron chi connectivity index (χ3n) is 9.45. The lowest BCUT2D eigenvalue weighted by atomic mass is 9.93. The average molecular weight is 618 g/mol. The van der Waals surface area contributed by atoms with Crippen molar-refractivity contribution in [3.63, 3.8) is 0 Å². The fraction of sp³-hybridized carbons (Fsp3) is 0. The Morgan fingerprint density at radius 3 is 1.94 bits per heavy atom. The van der Waals surface area contributed by atoms with Crippen molar-refractivity contribution < 1.29 is 4.42 Å². The van der Waals surface area contributed by atoms with Crippen molar-refractivity contribution >= 4 is 92.1 Å². The van der Waals surface area contributed by atoms with E-state index in [1.54, 1.807) is 0 Å². The van der Waals surface area contributed by atoms with Gasteiger partial charge in [0.05, 0.1) is 16.1 Å². The molecule has 0 unspecified atom stereocenters. The number of thiophene rings is 1. The quantitative estimate of drug-likeness (QED) is 0.183. The zero-order valence-electron chi connectivity index (χ0n) is 25.4. The van der Waals surface area contributed by atoms with Gasteiger partial charge in [-0.25, -0.2) is 0 Å². The normalized spacial score (nSPS) is 11.8. The van der Waals surface area contributed by atoms with Crippen molar-refractivity contribution in [2.45, 2.75) is 0 Å². The van der Waals surface area contributed by atoms with Gasteiger partial charge in [0.25, 0.3) is 0 Å². The summed E-state index contributed by atoms with van der Waals surface area (Å²) < 4.78 is 9.17. The smallest absolute Gasteiger partial charge is 0.159 e. The minimum absolute atomic E-state index is 0.886. The van der Waals surface area contributed by atoms with Crippen molar-refractivity contribution in [3.8, 4) is 11.1 Å². The number of furan rings is 1. The van der Waals surface area contributed by atoms with Gasteiger partial charge < -0.3 is 9.32 Å². The molecule has 0 aliphatic carbocycles. The Morgan fingerprint density at radius 2 is 1.09 bits per heavy atom. The van der Waals surface area contributed by atoms with Crippen LogP contribution in [0.1, 0.15) is 0 Å². The summed E-state index contributed by atoms with van der Waals surface area (Å²) >= 11 is 1.85. The average Bonchev–Trinajstić information content (AvgIpc) is 3.71.